The number of hydrogen-bond acceptors (Lipinski definition) is 2. The quantitative estimate of drug-likeness (QED) is 0.868. The smallest absolute Gasteiger partial charge is 0.0641 e. The van der Waals surface area contributed by atoms with Gasteiger partial charge in [0.25, 0.3) is 0 Å². The summed E-state index contributed by atoms with van der Waals surface area (Å²) in [6.07, 6.45) is 0.429. The van der Waals surface area contributed by atoms with E-state index in [-0.39, 0.29) is 12.1 Å². The molecule has 0 aliphatic carbocycles. The molecule has 0 radical (unpaired) electrons. The zero-order valence-electron chi connectivity index (χ0n) is 11.4. The van der Waals surface area contributed by atoms with Crippen molar-refractivity contribution in [1.82, 2.24) is 5.32 Å². The Morgan fingerprint density at radius 1 is 1.10 bits per heavy atom. The Hall–Kier alpha value is -1.82. The molecular weight excluding hydrogens is 268 g/mol. The first-order chi connectivity index (χ1) is 9.72. The Bertz CT molecular complexity index is 589. The van der Waals surface area contributed by atoms with Gasteiger partial charge in [0.05, 0.1) is 12.5 Å². The molecule has 2 aromatic rings. The second-order valence-electron chi connectivity index (χ2n) is 4.74. The number of nitrogens with one attached hydrogen (secondary N) is 1. The van der Waals surface area contributed by atoms with E-state index in [1.807, 2.05) is 54.6 Å². The molecule has 1 N–H and O–H groups in total. The van der Waals surface area contributed by atoms with E-state index in [0.717, 1.165) is 16.1 Å². The summed E-state index contributed by atoms with van der Waals surface area (Å²) >= 11 is 6.22. The summed E-state index contributed by atoms with van der Waals surface area (Å²) in [4.78, 5) is 0. The van der Waals surface area contributed by atoms with Crippen LogP contribution in [-0.2, 0) is 0 Å². The van der Waals surface area contributed by atoms with Crippen LogP contribution in [0.3, 0.4) is 0 Å². The molecule has 0 aliphatic rings. The minimum absolute atomic E-state index is 0.00692. The Labute approximate surface area is 125 Å². The van der Waals surface area contributed by atoms with Gasteiger partial charge in [0.2, 0.25) is 0 Å². The van der Waals surface area contributed by atoms with Gasteiger partial charge in [-0.25, -0.2) is 0 Å². The lowest BCUT2D eigenvalue weighted by Gasteiger charge is -2.23. The third kappa shape index (κ3) is 3.60. The number of hydrogen-bond donors (Lipinski definition) is 1. The molecular formula is C17H17ClN2. The first-order valence-corrected chi connectivity index (χ1v) is 7.02. The van der Waals surface area contributed by atoms with Gasteiger partial charge in [-0.2, -0.15) is 5.26 Å². The molecule has 0 aromatic heterocycles. The van der Waals surface area contributed by atoms with Crippen molar-refractivity contribution >= 4 is 11.6 Å². The fourth-order valence-corrected chi connectivity index (χ4v) is 2.57. The van der Waals surface area contributed by atoms with Gasteiger partial charge in [-0.1, -0.05) is 60.1 Å². The van der Waals surface area contributed by atoms with Crippen LogP contribution in [0.4, 0.5) is 0 Å². The van der Waals surface area contributed by atoms with Gasteiger partial charge in [-0.05, 0) is 24.1 Å². The summed E-state index contributed by atoms with van der Waals surface area (Å²) in [6.45, 7) is 2.06. The lowest BCUT2D eigenvalue weighted by molar-refractivity contribution is 0.473. The summed E-state index contributed by atoms with van der Waals surface area (Å²) < 4.78 is 0. The Morgan fingerprint density at radius 3 is 2.40 bits per heavy atom. The maximum absolute atomic E-state index is 9.02. The summed E-state index contributed by atoms with van der Waals surface area (Å²) in [6, 6.07) is 20.1. The van der Waals surface area contributed by atoms with Crippen LogP contribution >= 0.6 is 11.6 Å². The van der Waals surface area contributed by atoms with Gasteiger partial charge in [0, 0.05) is 17.1 Å². The molecule has 0 heterocycles. The normalized spacial score (nSPS) is 13.4. The van der Waals surface area contributed by atoms with Crippen molar-refractivity contribution in [2.24, 2.45) is 0 Å². The van der Waals surface area contributed by atoms with Crippen LogP contribution in [0, 0.1) is 11.3 Å². The highest BCUT2D eigenvalue weighted by molar-refractivity contribution is 6.31. The van der Waals surface area contributed by atoms with Gasteiger partial charge in [-0.3, -0.25) is 0 Å². The zero-order chi connectivity index (χ0) is 14.4. The highest BCUT2D eigenvalue weighted by Gasteiger charge is 2.16. The molecule has 102 valence electrons. The molecule has 0 spiro atoms. The van der Waals surface area contributed by atoms with Crippen molar-refractivity contribution in [3.63, 3.8) is 0 Å². The maximum Gasteiger partial charge on any atom is 0.0641 e. The number of nitrogens with zero attached hydrogens (tertiary/aromatic N) is 1. The lowest BCUT2D eigenvalue weighted by atomic mass is 10.0. The van der Waals surface area contributed by atoms with E-state index in [1.54, 1.807) is 0 Å². The van der Waals surface area contributed by atoms with E-state index in [4.69, 9.17) is 16.9 Å². The zero-order valence-corrected chi connectivity index (χ0v) is 12.1. The molecule has 2 aromatic carbocycles. The number of benzene rings is 2. The average molecular weight is 285 g/mol. The van der Waals surface area contributed by atoms with Crippen LogP contribution in [0.5, 0.6) is 0 Å². The Kier molecular flexibility index (Phi) is 5.17. The second-order valence-corrected chi connectivity index (χ2v) is 5.14. The maximum atomic E-state index is 9.02. The monoisotopic (exact) mass is 284 g/mol. The largest absolute Gasteiger partial charge is 0.302 e. The van der Waals surface area contributed by atoms with Gasteiger partial charge in [0.1, 0.15) is 0 Å². The number of halogens is 1. The van der Waals surface area contributed by atoms with Crippen LogP contribution in [0.1, 0.15) is 36.6 Å². The Morgan fingerprint density at radius 2 is 1.75 bits per heavy atom. The molecule has 0 bridgehead atoms. The van der Waals surface area contributed by atoms with Crippen molar-refractivity contribution in [2.45, 2.75) is 25.4 Å². The summed E-state index contributed by atoms with van der Waals surface area (Å²) in [5.41, 5.74) is 2.17. The minimum atomic E-state index is 0.00692. The van der Waals surface area contributed by atoms with Crippen molar-refractivity contribution in [3.05, 3.63) is 70.7 Å². The fraction of sp³-hybridized carbons (Fsp3) is 0.235. The first-order valence-electron chi connectivity index (χ1n) is 6.64. The van der Waals surface area contributed by atoms with E-state index in [1.165, 1.54) is 0 Å². The number of nitriles is 1. The van der Waals surface area contributed by atoms with E-state index >= 15 is 0 Å². The third-order valence-corrected chi connectivity index (χ3v) is 3.66. The first kappa shape index (κ1) is 14.6. The second kappa shape index (κ2) is 7.09. The lowest BCUT2D eigenvalue weighted by Crippen LogP contribution is -2.24. The topological polar surface area (TPSA) is 35.8 Å². The van der Waals surface area contributed by atoms with Crippen LogP contribution in [0.25, 0.3) is 0 Å². The van der Waals surface area contributed by atoms with E-state index in [2.05, 4.69) is 18.3 Å². The van der Waals surface area contributed by atoms with E-state index in [0.29, 0.717) is 6.42 Å². The molecule has 0 saturated carbocycles. The van der Waals surface area contributed by atoms with Crippen LogP contribution in [0.15, 0.2) is 54.6 Å². The highest BCUT2D eigenvalue weighted by Crippen LogP contribution is 2.26. The van der Waals surface area contributed by atoms with Gasteiger partial charge in [-0.15, -0.1) is 0 Å². The summed E-state index contributed by atoms with van der Waals surface area (Å²) in [7, 11) is 0. The molecule has 20 heavy (non-hydrogen) atoms. The molecule has 2 atom stereocenters. The van der Waals surface area contributed by atoms with E-state index < -0.39 is 0 Å². The van der Waals surface area contributed by atoms with Gasteiger partial charge >= 0.3 is 0 Å². The average Bonchev–Trinajstić information content (AvgIpc) is 2.48. The number of rotatable bonds is 5. The molecule has 0 fully saturated rings. The molecule has 2 nitrogen and oxygen atoms in total. The Balaban J connectivity index is 2.17. The fourth-order valence-electron chi connectivity index (χ4n) is 2.27. The molecule has 1 unspecified atom stereocenters. The summed E-state index contributed by atoms with van der Waals surface area (Å²) in [5.74, 6) is 0. The van der Waals surface area contributed by atoms with E-state index in [9.17, 15) is 0 Å². The van der Waals surface area contributed by atoms with Crippen LogP contribution < -0.4 is 5.32 Å². The summed E-state index contributed by atoms with van der Waals surface area (Å²) in [5, 5.41) is 13.3. The third-order valence-electron chi connectivity index (χ3n) is 3.32. The highest BCUT2D eigenvalue weighted by atomic mass is 35.5. The molecule has 0 aliphatic heterocycles. The van der Waals surface area contributed by atoms with Crippen molar-refractivity contribution in [3.8, 4) is 6.07 Å². The SMILES string of the molecule is C[C@@H](NC(CC#N)c1ccccc1)c1ccccc1Cl. The molecule has 3 heteroatoms. The molecule has 0 amide bonds. The predicted octanol–water partition coefficient (Wildman–Crippen LogP) is 4.65. The van der Waals surface area contributed by atoms with Crippen LogP contribution in [0.2, 0.25) is 5.02 Å². The molecule has 2 rings (SSSR count). The predicted molar refractivity (Wildman–Crippen MR) is 82.4 cm³/mol. The van der Waals surface area contributed by atoms with Crippen molar-refractivity contribution in [2.75, 3.05) is 0 Å². The van der Waals surface area contributed by atoms with Crippen LogP contribution in [-0.4, -0.2) is 0 Å². The van der Waals surface area contributed by atoms with Crippen molar-refractivity contribution in [1.29, 1.82) is 5.26 Å². The van der Waals surface area contributed by atoms with Gasteiger partial charge < -0.3 is 5.32 Å². The van der Waals surface area contributed by atoms with Crippen molar-refractivity contribution < 1.29 is 0 Å². The molecule has 0 saturated heterocycles. The minimum Gasteiger partial charge on any atom is -0.302 e. The van der Waals surface area contributed by atoms with Gasteiger partial charge in [0.15, 0.2) is 0 Å². The standard InChI is InChI=1S/C17H17ClN2/c1-13(15-9-5-6-10-16(15)18)20-17(11-12-19)14-7-3-2-4-8-14/h2-10,13,17,20H,11H2,1H3/t13-,17?/m1/s1.